The van der Waals surface area contributed by atoms with Gasteiger partial charge in [-0.3, -0.25) is 0 Å². The van der Waals surface area contributed by atoms with E-state index in [4.69, 9.17) is 0 Å². The highest BCUT2D eigenvalue weighted by Crippen LogP contribution is 2.32. The average Bonchev–Trinajstić information content (AvgIpc) is 2.64. The number of aliphatic imine (C=N–C) groups is 1. The van der Waals surface area contributed by atoms with E-state index in [1.54, 1.807) is 6.20 Å². The third-order valence-corrected chi connectivity index (χ3v) is 3.86. The van der Waals surface area contributed by atoms with Crippen LogP contribution >= 0.6 is 24.0 Å². The first kappa shape index (κ1) is 24.9. The zero-order chi connectivity index (χ0) is 20.7. The van der Waals surface area contributed by atoms with Gasteiger partial charge in [-0.1, -0.05) is 6.07 Å². The van der Waals surface area contributed by atoms with Crippen molar-refractivity contribution in [2.45, 2.75) is 26.2 Å². The second-order valence-corrected chi connectivity index (χ2v) is 6.26. The van der Waals surface area contributed by atoms with Crippen LogP contribution in [0.3, 0.4) is 0 Å². The summed E-state index contributed by atoms with van der Waals surface area (Å²) in [6.45, 7) is 2.59. The van der Waals surface area contributed by atoms with E-state index in [1.807, 2.05) is 38.1 Å². The fraction of sp³-hybridized carbons (Fsp3) is 0.368. The van der Waals surface area contributed by atoms with Gasteiger partial charge in [0.2, 0.25) is 0 Å². The predicted octanol–water partition coefficient (Wildman–Crippen LogP) is 4.18. The fourth-order valence-corrected chi connectivity index (χ4v) is 2.46. The molecular formula is C19H24F4IN5. The molecule has 1 heterocycles. The van der Waals surface area contributed by atoms with Crippen LogP contribution in [0.4, 0.5) is 23.4 Å². The van der Waals surface area contributed by atoms with E-state index in [-0.39, 0.29) is 36.1 Å². The number of aromatic nitrogens is 1. The van der Waals surface area contributed by atoms with Crippen LogP contribution in [-0.4, -0.2) is 31.6 Å². The van der Waals surface area contributed by atoms with Crippen molar-refractivity contribution in [3.8, 4) is 0 Å². The number of guanidine groups is 1. The first-order chi connectivity index (χ1) is 13.2. The van der Waals surface area contributed by atoms with Crippen molar-refractivity contribution in [1.82, 2.24) is 15.6 Å². The summed E-state index contributed by atoms with van der Waals surface area (Å²) in [4.78, 5) is 10.5. The molecule has 10 heteroatoms. The number of nitrogens with zero attached hydrogens (tertiary/aromatic N) is 3. The van der Waals surface area contributed by atoms with Gasteiger partial charge in [0.25, 0.3) is 0 Å². The molecule has 0 saturated heterocycles. The monoisotopic (exact) mass is 525 g/mol. The van der Waals surface area contributed by atoms with Crippen molar-refractivity contribution in [1.29, 1.82) is 0 Å². The summed E-state index contributed by atoms with van der Waals surface area (Å²) < 4.78 is 52.6. The molecule has 0 aliphatic carbocycles. The molecule has 2 aromatic rings. The third-order valence-electron chi connectivity index (χ3n) is 3.86. The van der Waals surface area contributed by atoms with Crippen molar-refractivity contribution >= 4 is 35.8 Å². The quantitative estimate of drug-likeness (QED) is 0.257. The molecule has 5 nitrogen and oxygen atoms in total. The number of rotatable bonds is 6. The van der Waals surface area contributed by atoms with Gasteiger partial charge >= 0.3 is 6.18 Å². The largest absolute Gasteiger partial charge is 0.416 e. The molecule has 29 heavy (non-hydrogen) atoms. The van der Waals surface area contributed by atoms with Gasteiger partial charge in [-0.25, -0.2) is 14.4 Å². The minimum absolute atomic E-state index is 0. The van der Waals surface area contributed by atoms with Crippen LogP contribution < -0.4 is 15.5 Å². The molecule has 0 bridgehead atoms. The highest BCUT2D eigenvalue weighted by atomic mass is 127. The van der Waals surface area contributed by atoms with Crippen molar-refractivity contribution < 1.29 is 17.6 Å². The molecule has 0 fully saturated rings. The zero-order valence-corrected chi connectivity index (χ0v) is 18.7. The fourth-order valence-electron chi connectivity index (χ4n) is 2.46. The second-order valence-electron chi connectivity index (χ2n) is 6.26. The van der Waals surface area contributed by atoms with E-state index in [0.29, 0.717) is 25.1 Å². The Hall–Kier alpha value is -2.11. The van der Waals surface area contributed by atoms with Gasteiger partial charge in [0.05, 0.1) is 12.1 Å². The topological polar surface area (TPSA) is 52.6 Å². The molecule has 0 radical (unpaired) electrons. The number of hydrogen-bond acceptors (Lipinski definition) is 3. The molecule has 2 N–H and O–H groups in total. The lowest BCUT2D eigenvalue weighted by molar-refractivity contribution is -0.138. The molecule has 0 saturated carbocycles. The number of nitrogens with one attached hydrogen (secondary N) is 2. The van der Waals surface area contributed by atoms with E-state index < -0.39 is 17.6 Å². The van der Waals surface area contributed by atoms with Gasteiger partial charge in [-0.15, -0.1) is 24.0 Å². The molecule has 0 aliphatic rings. The van der Waals surface area contributed by atoms with Gasteiger partial charge in [-0.2, -0.15) is 13.2 Å². The zero-order valence-electron chi connectivity index (χ0n) is 16.3. The Balaban J connectivity index is 0.00000420. The normalized spacial score (nSPS) is 11.6. The summed E-state index contributed by atoms with van der Waals surface area (Å²) in [6, 6.07) is 6.34. The first-order valence-electron chi connectivity index (χ1n) is 8.70. The van der Waals surface area contributed by atoms with Crippen LogP contribution in [0.25, 0.3) is 0 Å². The van der Waals surface area contributed by atoms with Crippen LogP contribution in [0.2, 0.25) is 0 Å². The summed E-state index contributed by atoms with van der Waals surface area (Å²) in [5.74, 6) is 0.223. The summed E-state index contributed by atoms with van der Waals surface area (Å²) in [7, 11) is 3.75. The van der Waals surface area contributed by atoms with Gasteiger partial charge < -0.3 is 15.5 Å². The Bertz CT molecular complexity index is 824. The van der Waals surface area contributed by atoms with Crippen LogP contribution in [0.5, 0.6) is 0 Å². The standard InChI is InChI=1S/C19H23F4N5.HI/c1-4-24-18(26-11-13-7-8-25-17(9-13)28(2)3)27-12-14-5-6-15(20)10-16(14)19(21,22)23;/h5-10H,4,11-12H2,1-3H3,(H2,24,26,27);1H. The SMILES string of the molecule is CCNC(=NCc1ccnc(N(C)C)c1)NCc1ccc(F)cc1C(F)(F)F.I. The van der Waals surface area contributed by atoms with Crippen molar-refractivity contribution in [2.75, 3.05) is 25.5 Å². The highest BCUT2D eigenvalue weighted by Gasteiger charge is 2.33. The smallest absolute Gasteiger partial charge is 0.363 e. The number of benzene rings is 1. The molecule has 2 rings (SSSR count). The summed E-state index contributed by atoms with van der Waals surface area (Å²) in [6.07, 6.45) is -2.96. The molecule has 0 amide bonds. The summed E-state index contributed by atoms with van der Waals surface area (Å²) in [5, 5.41) is 5.85. The molecule has 0 aliphatic heterocycles. The average molecular weight is 525 g/mol. The van der Waals surface area contributed by atoms with E-state index in [9.17, 15) is 17.6 Å². The Kier molecular flexibility index (Phi) is 9.60. The Morgan fingerprint density at radius 3 is 2.48 bits per heavy atom. The van der Waals surface area contributed by atoms with Crippen LogP contribution in [-0.2, 0) is 19.3 Å². The molecular weight excluding hydrogens is 501 g/mol. The van der Waals surface area contributed by atoms with Gasteiger partial charge in [0.1, 0.15) is 11.6 Å². The van der Waals surface area contributed by atoms with E-state index in [0.717, 1.165) is 23.5 Å². The maximum atomic E-state index is 13.2. The number of anilines is 1. The van der Waals surface area contributed by atoms with Gasteiger partial charge in [-0.05, 0) is 42.3 Å². The Morgan fingerprint density at radius 1 is 1.14 bits per heavy atom. The number of alkyl halides is 3. The minimum atomic E-state index is -4.63. The Morgan fingerprint density at radius 2 is 1.86 bits per heavy atom. The molecule has 0 spiro atoms. The summed E-state index contributed by atoms with van der Waals surface area (Å²) in [5.41, 5.74) is -0.146. The van der Waals surface area contributed by atoms with E-state index in [1.165, 1.54) is 0 Å². The maximum Gasteiger partial charge on any atom is 0.416 e. The highest BCUT2D eigenvalue weighted by molar-refractivity contribution is 14.0. The van der Waals surface area contributed by atoms with Gasteiger partial charge in [0.15, 0.2) is 5.96 Å². The lowest BCUT2D eigenvalue weighted by Crippen LogP contribution is -2.37. The first-order valence-corrected chi connectivity index (χ1v) is 8.70. The van der Waals surface area contributed by atoms with Crippen LogP contribution in [0.1, 0.15) is 23.6 Å². The number of hydrogen-bond donors (Lipinski definition) is 2. The third kappa shape index (κ3) is 7.67. The van der Waals surface area contributed by atoms with Crippen LogP contribution in [0.15, 0.2) is 41.5 Å². The lowest BCUT2D eigenvalue weighted by Gasteiger charge is -2.16. The number of halogens is 5. The number of pyridine rings is 1. The van der Waals surface area contributed by atoms with Crippen molar-refractivity contribution in [3.63, 3.8) is 0 Å². The van der Waals surface area contributed by atoms with Crippen molar-refractivity contribution in [3.05, 3.63) is 59.0 Å². The maximum absolute atomic E-state index is 13.2. The molecule has 160 valence electrons. The van der Waals surface area contributed by atoms with E-state index in [2.05, 4.69) is 20.6 Å². The van der Waals surface area contributed by atoms with Crippen molar-refractivity contribution in [2.24, 2.45) is 4.99 Å². The summed E-state index contributed by atoms with van der Waals surface area (Å²) >= 11 is 0. The van der Waals surface area contributed by atoms with Crippen LogP contribution in [0, 0.1) is 5.82 Å². The van der Waals surface area contributed by atoms with Gasteiger partial charge in [0, 0.05) is 33.4 Å². The molecule has 1 aromatic carbocycles. The Labute approximate surface area is 184 Å². The predicted molar refractivity (Wildman–Crippen MR) is 117 cm³/mol. The molecule has 1 aromatic heterocycles. The molecule has 0 atom stereocenters. The minimum Gasteiger partial charge on any atom is -0.363 e. The lowest BCUT2D eigenvalue weighted by atomic mass is 10.1. The van der Waals surface area contributed by atoms with E-state index >= 15 is 0 Å². The second kappa shape index (κ2) is 11.2. The molecule has 0 unspecified atom stereocenters.